The number of fused-ring (bicyclic) bond motifs is 4. The number of anilines is 3. The maximum absolute atomic E-state index is 13.8. The fraction of sp³-hybridized carbons (Fsp3) is 0.324. The normalized spacial score (nSPS) is 19.3. The number of pyridine rings is 1. The molecule has 2 bridgehead atoms. The summed E-state index contributed by atoms with van der Waals surface area (Å²) in [5.74, 6) is 1.13. The van der Waals surface area contributed by atoms with Gasteiger partial charge in [0.15, 0.2) is 0 Å². The molecular formula is C34H35N5O4S. The molecule has 44 heavy (non-hydrogen) atoms. The van der Waals surface area contributed by atoms with Gasteiger partial charge in [-0.2, -0.15) is 0 Å². The number of carbonyl (C=O) groups is 2. The van der Waals surface area contributed by atoms with Gasteiger partial charge >= 0.3 is 0 Å². The zero-order chi connectivity index (χ0) is 30.2. The van der Waals surface area contributed by atoms with E-state index < -0.39 is 0 Å². The molecule has 3 aliphatic heterocycles. The molecule has 2 aromatic carbocycles. The number of nitrogens with zero attached hydrogens (tertiary/aromatic N) is 4. The maximum atomic E-state index is 13.8. The van der Waals surface area contributed by atoms with E-state index in [-0.39, 0.29) is 23.3 Å². The molecule has 2 aromatic heterocycles. The minimum absolute atomic E-state index is 0.0494. The van der Waals surface area contributed by atoms with Crippen LogP contribution in [0, 0.1) is 5.92 Å². The lowest BCUT2D eigenvalue weighted by molar-refractivity contribution is 0.0746. The van der Waals surface area contributed by atoms with Crippen molar-refractivity contribution in [2.75, 3.05) is 61.5 Å². The van der Waals surface area contributed by atoms with E-state index in [0.29, 0.717) is 54.8 Å². The molecule has 0 radical (unpaired) electrons. The number of carbonyl (C=O) groups excluding carboxylic acids is 2. The Bertz CT molecular complexity index is 1740. The molecule has 2 saturated heterocycles. The molecule has 0 aliphatic carbocycles. The van der Waals surface area contributed by atoms with Gasteiger partial charge in [0.2, 0.25) is 0 Å². The number of piperazine rings is 1. The van der Waals surface area contributed by atoms with Crippen molar-refractivity contribution in [1.29, 1.82) is 0 Å². The molecule has 2 amide bonds. The van der Waals surface area contributed by atoms with E-state index in [1.54, 1.807) is 19.2 Å². The number of piperidine rings is 1. The van der Waals surface area contributed by atoms with E-state index in [9.17, 15) is 14.4 Å². The van der Waals surface area contributed by atoms with Gasteiger partial charge < -0.3 is 29.3 Å². The van der Waals surface area contributed by atoms with Crippen LogP contribution in [0.3, 0.4) is 0 Å². The summed E-state index contributed by atoms with van der Waals surface area (Å²) in [4.78, 5) is 46.6. The minimum Gasteiger partial charge on any atom is -0.495 e. The van der Waals surface area contributed by atoms with Gasteiger partial charge in [0.1, 0.15) is 5.75 Å². The summed E-state index contributed by atoms with van der Waals surface area (Å²) in [6.07, 6.45) is 1.04. The van der Waals surface area contributed by atoms with Crippen molar-refractivity contribution in [2.45, 2.75) is 18.9 Å². The van der Waals surface area contributed by atoms with Crippen molar-refractivity contribution in [2.24, 2.45) is 5.92 Å². The summed E-state index contributed by atoms with van der Waals surface area (Å²) in [5.41, 5.74) is 4.24. The van der Waals surface area contributed by atoms with Crippen LogP contribution in [0.4, 0.5) is 17.1 Å². The van der Waals surface area contributed by atoms with Crippen molar-refractivity contribution in [3.05, 3.63) is 105 Å². The number of rotatable bonds is 6. The molecule has 3 aliphatic rings. The van der Waals surface area contributed by atoms with Crippen LogP contribution < -0.4 is 25.4 Å². The van der Waals surface area contributed by atoms with Gasteiger partial charge in [-0.15, -0.1) is 11.3 Å². The van der Waals surface area contributed by atoms with Crippen LogP contribution in [0.25, 0.3) is 0 Å². The van der Waals surface area contributed by atoms with Crippen LogP contribution in [-0.4, -0.2) is 67.7 Å². The monoisotopic (exact) mass is 609 g/mol. The first-order valence-electron chi connectivity index (χ1n) is 15.1. The molecule has 0 spiro atoms. The van der Waals surface area contributed by atoms with E-state index in [4.69, 9.17) is 4.74 Å². The average molecular weight is 610 g/mol. The SMILES string of the molecule is COc1ccccc1N1CCN(C(=O)c2ccc(N3CC4CC(C3)c3cccc(=O)n3C4)c(NC(=O)c3cccs3)c2)CC1. The van der Waals surface area contributed by atoms with Gasteiger partial charge in [0, 0.05) is 69.1 Å². The first-order chi connectivity index (χ1) is 21.5. The highest BCUT2D eigenvalue weighted by Crippen LogP contribution is 2.39. The molecule has 1 N–H and O–H groups in total. The van der Waals surface area contributed by atoms with Crippen LogP contribution in [0.5, 0.6) is 5.75 Å². The van der Waals surface area contributed by atoms with E-state index >= 15 is 0 Å². The highest BCUT2D eigenvalue weighted by Gasteiger charge is 2.35. The van der Waals surface area contributed by atoms with Crippen LogP contribution in [-0.2, 0) is 6.54 Å². The first kappa shape index (κ1) is 28.2. The Morgan fingerprint density at radius 3 is 2.50 bits per heavy atom. The highest BCUT2D eigenvalue weighted by atomic mass is 32.1. The molecule has 226 valence electrons. The molecule has 0 saturated carbocycles. The molecule has 4 aromatic rings. The van der Waals surface area contributed by atoms with Crippen molar-refractivity contribution >= 4 is 40.2 Å². The van der Waals surface area contributed by atoms with Gasteiger partial charge in [-0.05, 0) is 60.2 Å². The molecule has 2 atom stereocenters. The van der Waals surface area contributed by atoms with Crippen LogP contribution in [0.2, 0.25) is 0 Å². The van der Waals surface area contributed by atoms with E-state index in [0.717, 1.165) is 42.3 Å². The number of amides is 2. The Balaban J connectivity index is 1.14. The number of ether oxygens (including phenoxy) is 1. The minimum atomic E-state index is -0.189. The highest BCUT2D eigenvalue weighted by molar-refractivity contribution is 7.12. The predicted octanol–water partition coefficient (Wildman–Crippen LogP) is 4.76. The lowest BCUT2D eigenvalue weighted by atomic mass is 9.83. The summed E-state index contributed by atoms with van der Waals surface area (Å²) in [5, 5.41) is 5.01. The second-order valence-electron chi connectivity index (χ2n) is 11.7. The second-order valence-corrected chi connectivity index (χ2v) is 12.7. The molecule has 10 heteroatoms. The third-order valence-corrected chi connectivity index (χ3v) is 9.92. The number of methoxy groups -OCH3 is 1. The lowest BCUT2D eigenvalue weighted by Gasteiger charge is -2.44. The third-order valence-electron chi connectivity index (χ3n) is 9.05. The Kier molecular flexibility index (Phi) is 7.59. The average Bonchev–Trinajstić information content (AvgIpc) is 3.61. The van der Waals surface area contributed by atoms with Crippen molar-refractivity contribution in [3.63, 3.8) is 0 Å². The zero-order valence-electron chi connectivity index (χ0n) is 24.6. The number of benzene rings is 2. The topological polar surface area (TPSA) is 87.1 Å². The van der Waals surface area contributed by atoms with E-state index in [1.807, 2.05) is 69.4 Å². The van der Waals surface area contributed by atoms with Gasteiger partial charge in [0.05, 0.1) is 29.0 Å². The second kappa shape index (κ2) is 11.8. The molecule has 2 unspecified atom stereocenters. The van der Waals surface area contributed by atoms with Gasteiger partial charge in [-0.25, -0.2) is 0 Å². The van der Waals surface area contributed by atoms with Crippen LogP contribution in [0.15, 0.2) is 83.0 Å². The fourth-order valence-corrected chi connectivity index (χ4v) is 7.57. The zero-order valence-corrected chi connectivity index (χ0v) is 25.5. The smallest absolute Gasteiger partial charge is 0.265 e. The molecular weight excluding hydrogens is 574 g/mol. The number of hydrogen-bond acceptors (Lipinski definition) is 7. The van der Waals surface area contributed by atoms with Crippen molar-refractivity contribution in [3.8, 4) is 5.75 Å². The Hall–Kier alpha value is -4.57. The first-order valence-corrected chi connectivity index (χ1v) is 16.0. The quantitative estimate of drug-likeness (QED) is 0.340. The summed E-state index contributed by atoms with van der Waals surface area (Å²) in [7, 11) is 1.67. The van der Waals surface area contributed by atoms with Gasteiger partial charge in [-0.3, -0.25) is 14.4 Å². The molecule has 7 rings (SSSR count). The molecule has 5 heterocycles. The molecule has 9 nitrogen and oxygen atoms in total. The number of hydrogen-bond donors (Lipinski definition) is 1. The van der Waals surface area contributed by atoms with Crippen molar-refractivity contribution < 1.29 is 14.3 Å². The van der Waals surface area contributed by atoms with Gasteiger partial charge in [0.25, 0.3) is 17.4 Å². The standard InChI is InChI=1S/C34H35N5O4S/c1-43-30-8-3-2-6-29(30)36-13-15-37(16-14-36)34(42)24-11-12-28(26(19-24)35-33(41)31-9-5-17-44-31)38-20-23-18-25(22-38)27-7-4-10-32(40)39(27)21-23/h2-12,17,19,23,25H,13-16,18,20-22H2,1H3,(H,35,41). The van der Waals surface area contributed by atoms with E-state index in [1.165, 1.54) is 11.3 Å². The maximum Gasteiger partial charge on any atom is 0.265 e. The Labute approximate surface area is 260 Å². The van der Waals surface area contributed by atoms with Crippen LogP contribution >= 0.6 is 11.3 Å². The lowest BCUT2D eigenvalue weighted by Crippen LogP contribution is -2.49. The largest absolute Gasteiger partial charge is 0.495 e. The third kappa shape index (κ3) is 5.34. The fourth-order valence-electron chi connectivity index (χ4n) is 6.95. The number of thiophene rings is 1. The van der Waals surface area contributed by atoms with E-state index in [2.05, 4.69) is 21.2 Å². The summed E-state index contributed by atoms with van der Waals surface area (Å²) in [6, 6.07) is 22.8. The summed E-state index contributed by atoms with van der Waals surface area (Å²) in [6.45, 7) is 4.78. The van der Waals surface area contributed by atoms with Crippen molar-refractivity contribution in [1.82, 2.24) is 9.47 Å². The summed E-state index contributed by atoms with van der Waals surface area (Å²) >= 11 is 1.39. The summed E-state index contributed by atoms with van der Waals surface area (Å²) < 4.78 is 7.47. The van der Waals surface area contributed by atoms with Crippen LogP contribution in [0.1, 0.15) is 38.1 Å². The Morgan fingerprint density at radius 1 is 0.864 bits per heavy atom. The van der Waals surface area contributed by atoms with Gasteiger partial charge in [-0.1, -0.05) is 24.3 Å². The predicted molar refractivity (Wildman–Crippen MR) is 174 cm³/mol. The number of nitrogens with one attached hydrogen (secondary N) is 1. The number of aromatic nitrogens is 1. The number of para-hydroxylation sites is 2. The Morgan fingerprint density at radius 2 is 1.70 bits per heavy atom. The molecule has 2 fully saturated rings.